The van der Waals surface area contributed by atoms with Gasteiger partial charge in [0.25, 0.3) is 5.82 Å². The van der Waals surface area contributed by atoms with Crippen molar-refractivity contribution >= 4 is 5.78 Å². The molecule has 0 atom stereocenters. The van der Waals surface area contributed by atoms with Crippen LogP contribution in [0.1, 0.15) is 11.4 Å². The molecule has 12 heteroatoms. The Bertz CT molecular complexity index is 1050. The van der Waals surface area contributed by atoms with Crippen molar-refractivity contribution < 1.29 is 17.9 Å². The van der Waals surface area contributed by atoms with Crippen LogP contribution in [0.2, 0.25) is 0 Å². The number of nitrogens with one attached hydrogen (secondary N) is 2. The van der Waals surface area contributed by atoms with Crippen molar-refractivity contribution in [3.05, 3.63) is 36.3 Å². The largest absolute Gasteiger partial charge is 0.453 e. The molecule has 0 saturated heterocycles. The zero-order valence-corrected chi connectivity index (χ0v) is 13.2. The predicted octanol–water partition coefficient (Wildman–Crippen LogP) is 2.07. The molecule has 9 nitrogen and oxygen atoms in total. The van der Waals surface area contributed by atoms with Crippen LogP contribution in [0, 0.1) is 0 Å². The summed E-state index contributed by atoms with van der Waals surface area (Å²) in [6.07, 6.45) is 1.63. The van der Waals surface area contributed by atoms with Crippen molar-refractivity contribution in [1.82, 2.24) is 39.5 Å². The lowest BCUT2D eigenvalue weighted by Crippen LogP contribution is -2.07. The molecule has 0 aliphatic heterocycles. The molecule has 4 rings (SSSR count). The minimum Gasteiger partial charge on any atom is -0.380 e. The highest BCUT2D eigenvalue weighted by Gasteiger charge is 2.36. The van der Waals surface area contributed by atoms with Crippen LogP contribution in [0.5, 0.6) is 0 Å². The van der Waals surface area contributed by atoms with Gasteiger partial charge in [-0.1, -0.05) is 0 Å². The number of aromatic nitrogens is 8. The van der Waals surface area contributed by atoms with Gasteiger partial charge in [0.15, 0.2) is 5.82 Å². The molecular formula is C14H11F3N8O. The van der Waals surface area contributed by atoms with Crippen LogP contribution in [0.4, 0.5) is 13.2 Å². The Hall–Kier alpha value is -3.28. The van der Waals surface area contributed by atoms with E-state index in [0.717, 1.165) is 5.56 Å². The number of imidazole rings is 2. The van der Waals surface area contributed by atoms with Crippen molar-refractivity contribution in [2.24, 2.45) is 0 Å². The molecule has 0 radical (unpaired) electrons. The number of nitrogens with zero attached hydrogens (tertiary/aromatic N) is 6. The number of H-pyrrole nitrogens is 2. The number of hydrogen-bond acceptors (Lipinski definition) is 6. The first-order chi connectivity index (χ1) is 12.5. The van der Waals surface area contributed by atoms with Crippen molar-refractivity contribution in [3.8, 4) is 22.9 Å². The summed E-state index contributed by atoms with van der Waals surface area (Å²) in [6.45, 7) is 0.319. The first-order valence-corrected chi connectivity index (χ1v) is 7.32. The van der Waals surface area contributed by atoms with Crippen molar-refractivity contribution in [2.75, 3.05) is 7.11 Å². The smallest absolute Gasteiger partial charge is 0.380 e. The lowest BCUT2D eigenvalue weighted by atomic mass is 10.2. The number of halogens is 3. The minimum absolute atomic E-state index is 0.124. The minimum atomic E-state index is -4.66. The van der Waals surface area contributed by atoms with Gasteiger partial charge in [-0.15, -0.1) is 5.10 Å². The topological polar surface area (TPSA) is 110 Å². The Morgan fingerprint density at radius 1 is 1.23 bits per heavy atom. The number of alkyl halides is 3. The highest BCUT2D eigenvalue weighted by molar-refractivity contribution is 5.76. The fraction of sp³-hybridized carbons (Fsp3) is 0.214. The van der Waals surface area contributed by atoms with Crippen molar-refractivity contribution in [2.45, 2.75) is 12.8 Å². The molecule has 0 spiro atoms. The van der Waals surface area contributed by atoms with Crippen LogP contribution in [0.25, 0.3) is 28.7 Å². The second-order valence-corrected chi connectivity index (χ2v) is 5.34. The van der Waals surface area contributed by atoms with E-state index in [4.69, 9.17) is 4.74 Å². The van der Waals surface area contributed by atoms with E-state index in [0.29, 0.717) is 18.0 Å². The summed E-state index contributed by atoms with van der Waals surface area (Å²) in [5, 5.41) is 5.51. The normalized spacial score (nSPS) is 12.2. The Labute approximate surface area is 143 Å². The number of methoxy groups -OCH3 is 1. The van der Waals surface area contributed by atoms with Crippen molar-refractivity contribution in [3.63, 3.8) is 0 Å². The van der Waals surface area contributed by atoms with Gasteiger partial charge in [0.2, 0.25) is 5.78 Å². The molecule has 4 heterocycles. The summed E-state index contributed by atoms with van der Waals surface area (Å²) >= 11 is 0. The average molecular weight is 364 g/mol. The van der Waals surface area contributed by atoms with Gasteiger partial charge in [-0.3, -0.25) is 9.50 Å². The fourth-order valence-electron chi connectivity index (χ4n) is 2.52. The lowest BCUT2D eigenvalue weighted by molar-refractivity contribution is -0.144. The highest BCUT2D eigenvalue weighted by Crippen LogP contribution is 2.32. The van der Waals surface area contributed by atoms with Crippen LogP contribution in [0.3, 0.4) is 0 Å². The van der Waals surface area contributed by atoms with Gasteiger partial charge >= 0.3 is 6.18 Å². The third kappa shape index (κ3) is 2.69. The molecule has 134 valence electrons. The van der Waals surface area contributed by atoms with E-state index in [1.165, 1.54) is 12.5 Å². The average Bonchev–Trinajstić information content (AvgIpc) is 3.32. The van der Waals surface area contributed by atoms with E-state index >= 15 is 0 Å². The number of fused-ring (bicyclic) bond motifs is 1. The Morgan fingerprint density at radius 2 is 2.08 bits per heavy atom. The fourth-order valence-corrected chi connectivity index (χ4v) is 2.52. The standard InChI is InChI=1S/C14H11F3N8O/c1-26-5-7-2-19-13-21-9(11-22-12(24-23-11)14(15,16)17)10(25(13)4-7)8-3-18-6-20-8/h2-4,6H,5H2,1H3,(H,18,20)(H,22,23,24). The second kappa shape index (κ2) is 5.91. The molecule has 0 aliphatic rings. The summed E-state index contributed by atoms with van der Waals surface area (Å²) in [7, 11) is 1.55. The van der Waals surface area contributed by atoms with Crippen LogP contribution < -0.4 is 0 Å². The third-order valence-corrected chi connectivity index (χ3v) is 3.56. The SMILES string of the molecule is COCc1cnc2nc(-c3nc(C(F)(F)F)n[nH]3)c(-c3cnc[nH]3)n2c1. The Balaban J connectivity index is 1.94. The molecule has 0 fully saturated rings. The number of ether oxygens (including phenoxy) is 1. The maximum atomic E-state index is 12.8. The van der Waals surface area contributed by atoms with E-state index < -0.39 is 12.0 Å². The van der Waals surface area contributed by atoms with Gasteiger partial charge in [-0.2, -0.15) is 13.2 Å². The van der Waals surface area contributed by atoms with E-state index in [1.807, 2.05) is 0 Å². The molecule has 0 amide bonds. The van der Waals surface area contributed by atoms with Gasteiger partial charge in [-0.25, -0.2) is 19.9 Å². The zero-order valence-electron chi connectivity index (χ0n) is 13.2. The van der Waals surface area contributed by atoms with Crippen LogP contribution in [-0.2, 0) is 17.5 Å². The van der Waals surface area contributed by atoms with Gasteiger partial charge in [-0.05, 0) is 0 Å². The molecule has 4 aromatic rings. The maximum Gasteiger partial charge on any atom is 0.453 e. The predicted molar refractivity (Wildman–Crippen MR) is 81.7 cm³/mol. The lowest BCUT2D eigenvalue weighted by Gasteiger charge is -2.03. The summed E-state index contributed by atoms with van der Waals surface area (Å²) in [5.41, 5.74) is 1.92. The van der Waals surface area contributed by atoms with Crippen molar-refractivity contribution in [1.29, 1.82) is 0 Å². The second-order valence-electron chi connectivity index (χ2n) is 5.34. The van der Waals surface area contributed by atoms with E-state index in [1.54, 1.807) is 23.9 Å². The quantitative estimate of drug-likeness (QED) is 0.574. The zero-order chi connectivity index (χ0) is 18.3. The molecule has 0 saturated carbocycles. The molecular weight excluding hydrogens is 353 g/mol. The summed E-state index contributed by atoms with van der Waals surface area (Å²) in [4.78, 5) is 18.9. The summed E-state index contributed by atoms with van der Waals surface area (Å²) in [5.74, 6) is -1.11. The van der Waals surface area contributed by atoms with Gasteiger partial charge in [0.1, 0.15) is 11.4 Å². The Kier molecular flexibility index (Phi) is 3.68. The maximum absolute atomic E-state index is 12.8. The van der Waals surface area contributed by atoms with E-state index in [9.17, 15) is 13.2 Å². The van der Waals surface area contributed by atoms with Crippen LogP contribution in [0.15, 0.2) is 24.9 Å². The molecule has 0 aliphatic carbocycles. The monoisotopic (exact) mass is 364 g/mol. The molecule has 4 aromatic heterocycles. The van der Waals surface area contributed by atoms with Gasteiger partial charge < -0.3 is 9.72 Å². The first-order valence-electron chi connectivity index (χ1n) is 7.32. The van der Waals surface area contributed by atoms with E-state index in [2.05, 4.69) is 35.1 Å². The molecule has 26 heavy (non-hydrogen) atoms. The molecule has 0 unspecified atom stereocenters. The number of hydrogen-bond donors (Lipinski definition) is 2. The number of aromatic amines is 2. The molecule has 0 aromatic carbocycles. The Morgan fingerprint density at radius 3 is 2.73 bits per heavy atom. The van der Waals surface area contributed by atoms with E-state index in [-0.39, 0.29) is 17.3 Å². The molecule has 2 N–H and O–H groups in total. The molecule has 0 bridgehead atoms. The van der Waals surface area contributed by atoms with Crippen LogP contribution >= 0.6 is 0 Å². The summed E-state index contributed by atoms with van der Waals surface area (Å²) in [6, 6.07) is 0. The van der Waals surface area contributed by atoms with Crippen LogP contribution in [-0.4, -0.2) is 46.6 Å². The third-order valence-electron chi connectivity index (χ3n) is 3.56. The number of rotatable bonds is 4. The highest BCUT2D eigenvalue weighted by atomic mass is 19.4. The first kappa shape index (κ1) is 16.2. The van der Waals surface area contributed by atoms with Gasteiger partial charge in [0, 0.05) is 25.1 Å². The summed E-state index contributed by atoms with van der Waals surface area (Å²) < 4.78 is 45.2. The van der Waals surface area contributed by atoms with Gasteiger partial charge in [0.05, 0.1) is 24.8 Å².